The number of urea groups is 1. The molecule has 2 aliphatic rings. The van der Waals surface area contributed by atoms with E-state index in [9.17, 15) is 9.59 Å². The van der Waals surface area contributed by atoms with Crippen molar-refractivity contribution in [2.45, 2.75) is 0 Å². The first-order valence-electron chi connectivity index (χ1n) is 8.12. The molecule has 0 radical (unpaired) electrons. The van der Waals surface area contributed by atoms with Gasteiger partial charge in [0.25, 0.3) is 0 Å². The minimum absolute atomic E-state index is 0.0114. The Bertz CT molecular complexity index is 856. The SMILES string of the molecule is O=C(CN1CCN(c2ccc3c(c2)OCO3)C1=O)Nc1ccc(Cl)cc1. The van der Waals surface area contributed by atoms with Crippen molar-refractivity contribution in [3.63, 3.8) is 0 Å². The largest absolute Gasteiger partial charge is 0.454 e. The number of rotatable bonds is 4. The molecule has 2 heterocycles. The minimum Gasteiger partial charge on any atom is -0.454 e. The van der Waals surface area contributed by atoms with Gasteiger partial charge < -0.3 is 19.7 Å². The molecule has 0 spiro atoms. The van der Waals surface area contributed by atoms with Crippen LogP contribution in [0.2, 0.25) is 5.02 Å². The van der Waals surface area contributed by atoms with Gasteiger partial charge in [-0.25, -0.2) is 4.79 Å². The highest BCUT2D eigenvalue weighted by atomic mass is 35.5. The predicted molar refractivity (Wildman–Crippen MR) is 97.0 cm³/mol. The number of nitrogens with one attached hydrogen (secondary N) is 1. The van der Waals surface area contributed by atoms with Crippen LogP contribution in [0.3, 0.4) is 0 Å². The van der Waals surface area contributed by atoms with Crippen LogP contribution in [0.25, 0.3) is 0 Å². The van der Waals surface area contributed by atoms with Crippen molar-refractivity contribution in [1.82, 2.24) is 4.90 Å². The number of carbonyl (C=O) groups excluding carboxylic acids is 2. The number of benzene rings is 2. The van der Waals surface area contributed by atoms with Crippen LogP contribution in [-0.4, -0.2) is 43.3 Å². The molecule has 2 aromatic rings. The Balaban J connectivity index is 1.39. The van der Waals surface area contributed by atoms with Crippen LogP contribution >= 0.6 is 11.6 Å². The van der Waals surface area contributed by atoms with E-state index in [1.165, 1.54) is 4.90 Å². The third-order valence-electron chi connectivity index (χ3n) is 4.23. The van der Waals surface area contributed by atoms with Gasteiger partial charge in [0.1, 0.15) is 6.54 Å². The number of carbonyl (C=O) groups is 2. The average molecular weight is 374 g/mol. The zero-order chi connectivity index (χ0) is 18.1. The number of ether oxygens (including phenoxy) is 2. The molecule has 0 atom stereocenters. The Morgan fingerprint density at radius 1 is 1.08 bits per heavy atom. The van der Waals surface area contributed by atoms with Crippen molar-refractivity contribution in [1.29, 1.82) is 0 Å². The average Bonchev–Trinajstić information content (AvgIpc) is 3.23. The molecule has 134 valence electrons. The van der Waals surface area contributed by atoms with Crippen molar-refractivity contribution in [3.05, 3.63) is 47.5 Å². The summed E-state index contributed by atoms with van der Waals surface area (Å²) >= 11 is 5.83. The summed E-state index contributed by atoms with van der Waals surface area (Å²) in [7, 11) is 0. The highest BCUT2D eigenvalue weighted by molar-refractivity contribution is 6.30. The van der Waals surface area contributed by atoms with Crippen LogP contribution < -0.4 is 19.7 Å². The second-order valence-electron chi connectivity index (χ2n) is 5.95. The van der Waals surface area contributed by atoms with E-state index in [0.29, 0.717) is 35.3 Å². The van der Waals surface area contributed by atoms with Gasteiger partial charge in [-0.2, -0.15) is 0 Å². The molecule has 1 N–H and O–H groups in total. The van der Waals surface area contributed by atoms with E-state index in [0.717, 1.165) is 5.69 Å². The van der Waals surface area contributed by atoms with Gasteiger partial charge in [0.05, 0.1) is 0 Å². The fraction of sp³-hybridized carbons (Fsp3) is 0.222. The lowest BCUT2D eigenvalue weighted by Crippen LogP contribution is -2.37. The maximum Gasteiger partial charge on any atom is 0.325 e. The summed E-state index contributed by atoms with van der Waals surface area (Å²) in [5.74, 6) is 1.03. The van der Waals surface area contributed by atoms with Crippen molar-refractivity contribution < 1.29 is 19.1 Å². The summed E-state index contributed by atoms with van der Waals surface area (Å²) in [5, 5.41) is 3.35. The molecule has 4 rings (SSSR count). The lowest BCUT2D eigenvalue weighted by Gasteiger charge is -2.18. The van der Waals surface area contributed by atoms with E-state index in [1.54, 1.807) is 41.3 Å². The Morgan fingerprint density at radius 2 is 1.85 bits per heavy atom. The van der Waals surface area contributed by atoms with Crippen molar-refractivity contribution in [3.8, 4) is 11.5 Å². The van der Waals surface area contributed by atoms with Crippen LogP contribution in [0.1, 0.15) is 0 Å². The molecular weight excluding hydrogens is 358 g/mol. The Kier molecular flexibility index (Phi) is 4.30. The number of halogens is 1. The van der Waals surface area contributed by atoms with Gasteiger partial charge in [-0.05, 0) is 36.4 Å². The topological polar surface area (TPSA) is 71.1 Å². The summed E-state index contributed by atoms with van der Waals surface area (Å²) in [6, 6.07) is 12.0. The number of hydrogen-bond acceptors (Lipinski definition) is 4. The van der Waals surface area contributed by atoms with Gasteiger partial charge in [0.15, 0.2) is 11.5 Å². The zero-order valence-electron chi connectivity index (χ0n) is 13.8. The van der Waals surface area contributed by atoms with Crippen LogP contribution in [0, 0.1) is 0 Å². The van der Waals surface area contributed by atoms with Crippen molar-refractivity contribution >= 4 is 34.9 Å². The van der Waals surface area contributed by atoms with Crippen LogP contribution in [-0.2, 0) is 4.79 Å². The van der Waals surface area contributed by atoms with Crippen LogP contribution in [0.5, 0.6) is 11.5 Å². The van der Waals surface area contributed by atoms with Gasteiger partial charge in [0.2, 0.25) is 12.7 Å². The molecule has 2 aromatic carbocycles. The van der Waals surface area contributed by atoms with Crippen LogP contribution in [0.4, 0.5) is 16.2 Å². The van der Waals surface area contributed by atoms with Gasteiger partial charge in [-0.3, -0.25) is 9.69 Å². The molecule has 7 nitrogen and oxygen atoms in total. The van der Waals surface area contributed by atoms with Crippen LogP contribution in [0.15, 0.2) is 42.5 Å². The van der Waals surface area contributed by atoms with Gasteiger partial charge >= 0.3 is 6.03 Å². The van der Waals surface area contributed by atoms with E-state index in [1.807, 2.05) is 6.07 Å². The summed E-state index contributed by atoms with van der Waals surface area (Å²) < 4.78 is 10.6. The monoisotopic (exact) mass is 373 g/mol. The molecule has 0 aliphatic carbocycles. The highest BCUT2D eigenvalue weighted by Crippen LogP contribution is 2.36. The molecule has 1 fully saturated rings. The Hall–Kier alpha value is -2.93. The second kappa shape index (κ2) is 6.76. The number of nitrogens with zero attached hydrogens (tertiary/aromatic N) is 2. The molecule has 0 saturated carbocycles. The number of anilines is 2. The van der Waals surface area contributed by atoms with E-state index in [2.05, 4.69) is 5.32 Å². The standard InChI is InChI=1S/C18H16ClN3O4/c19-12-1-3-13(4-2-12)20-17(23)10-21-7-8-22(18(21)24)14-5-6-15-16(9-14)26-11-25-15/h1-6,9H,7-8,10-11H2,(H,20,23). The molecular formula is C18H16ClN3O4. The molecule has 1 saturated heterocycles. The summed E-state index contributed by atoms with van der Waals surface area (Å²) in [6.45, 7) is 1.15. The maximum absolute atomic E-state index is 12.6. The minimum atomic E-state index is -0.256. The first kappa shape index (κ1) is 16.5. The number of fused-ring (bicyclic) bond motifs is 1. The molecule has 8 heteroatoms. The number of amides is 3. The van der Waals surface area contributed by atoms with Crippen molar-refractivity contribution in [2.75, 3.05) is 36.6 Å². The first-order valence-corrected chi connectivity index (χ1v) is 8.49. The van der Waals surface area contributed by atoms with Crippen molar-refractivity contribution in [2.24, 2.45) is 0 Å². The highest BCUT2D eigenvalue weighted by Gasteiger charge is 2.31. The van der Waals surface area contributed by atoms with Gasteiger partial charge in [-0.15, -0.1) is 0 Å². The molecule has 2 aliphatic heterocycles. The first-order chi connectivity index (χ1) is 12.6. The maximum atomic E-state index is 12.6. The van der Waals surface area contributed by atoms with Gasteiger partial charge in [0, 0.05) is 35.6 Å². The van der Waals surface area contributed by atoms with E-state index in [-0.39, 0.29) is 25.3 Å². The third-order valence-corrected chi connectivity index (χ3v) is 4.48. The molecule has 0 unspecified atom stereocenters. The summed E-state index contributed by atoms with van der Waals surface area (Å²) in [6.07, 6.45) is 0. The lowest BCUT2D eigenvalue weighted by atomic mass is 10.2. The molecule has 0 aromatic heterocycles. The Labute approximate surface area is 155 Å². The predicted octanol–water partition coefficient (Wildman–Crippen LogP) is 2.95. The summed E-state index contributed by atoms with van der Waals surface area (Å²) in [5.41, 5.74) is 1.36. The van der Waals surface area contributed by atoms with E-state index < -0.39 is 0 Å². The lowest BCUT2D eigenvalue weighted by molar-refractivity contribution is -0.116. The quantitative estimate of drug-likeness (QED) is 0.894. The normalized spacial score (nSPS) is 15.5. The zero-order valence-corrected chi connectivity index (χ0v) is 14.5. The second-order valence-corrected chi connectivity index (χ2v) is 6.38. The smallest absolute Gasteiger partial charge is 0.325 e. The fourth-order valence-electron chi connectivity index (χ4n) is 2.93. The van der Waals surface area contributed by atoms with E-state index >= 15 is 0 Å². The molecule has 26 heavy (non-hydrogen) atoms. The Morgan fingerprint density at radius 3 is 2.65 bits per heavy atom. The molecule has 0 bridgehead atoms. The number of hydrogen-bond donors (Lipinski definition) is 1. The molecule has 3 amide bonds. The summed E-state index contributed by atoms with van der Waals surface area (Å²) in [4.78, 5) is 28.0. The fourth-order valence-corrected chi connectivity index (χ4v) is 3.06. The van der Waals surface area contributed by atoms with Gasteiger partial charge in [-0.1, -0.05) is 11.6 Å². The van der Waals surface area contributed by atoms with E-state index in [4.69, 9.17) is 21.1 Å². The third kappa shape index (κ3) is 3.25.